The summed E-state index contributed by atoms with van der Waals surface area (Å²) in [7, 11) is 0. The molecule has 0 aromatic heterocycles. The van der Waals surface area contributed by atoms with Crippen molar-refractivity contribution < 1.29 is 29.7 Å². The number of hydrogen-bond donors (Lipinski definition) is 3. The molecule has 0 atom stereocenters. The van der Waals surface area contributed by atoms with Crippen LogP contribution in [0.1, 0.15) is 0 Å². The monoisotopic (exact) mass is 163 g/mol. The van der Waals surface area contributed by atoms with Gasteiger partial charge in [0, 0.05) is 0 Å². The Morgan fingerprint density at radius 3 is 1.45 bits per heavy atom. The molecule has 0 spiro atoms. The Balaban J connectivity index is 4.23. The van der Waals surface area contributed by atoms with E-state index >= 15 is 0 Å². The zero-order chi connectivity index (χ0) is 9.02. The molecule has 0 aliphatic rings. The summed E-state index contributed by atoms with van der Waals surface area (Å²) in [5, 5.41) is 24.2. The highest BCUT2D eigenvalue weighted by atomic mass is 16.4. The third kappa shape index (κ3) is 3.04. The molecule has 7 heteroatoms. The van der Waals surface area contributed by atoms with Crippen molar-refractivity contribution in [3.8, 4) is 0 Å². The lowest BCUT2D eigenvalue weighted by atomic mass is 10.6. The molecule has 0 aromatic rings. The van der Waals surface area contributed by atoms with Crippen LogP contribution in [0.25, 0.3) is 0 Å². The maximum Gasteiger partial charge on any atom is 0.417 e. The summed E-state index contributed by atoms with van der Waals surface area (Å²) in [4.78, 5) is 29.5. The number of hydrogen-bond acceptors (Lipinski definition) is 3. The van der Waals surface area contributed by atoms with E-state index in [1.807, 2.05) is 0 Å². The van der Waals surface area contributed by atoms with E-state index in [1.165, 1.54) is 0 Å². The minimum Gasteiger partial charge on any atom is -0.480 e. The first-order valence-corrected chi connectivity index (χ1v) is 2.40. The molecule has 62 valence electrons. The Bertz CT molecular complexity index is 185. The van der Waals surface area contributed by atoms with Gasteiger partial charge in [-0.3, -0.25) is 4.79 Å². The zero-order valence-corrected chi connectivity index (χ0v) is 5.22. The molecule has 0 unspecified atom stereocenters. The highest BCUT2D eigenvalue weighted by molar-refractivity contribution is 5.89. The summed E-state index contributed by atoms with van der Waals surface area (Å²) < 4.78 is 0. The number of amides is 2. The fraction of sp³-hybridized carbons (Fsp3) is 0.250. The highest BCUT2D eigenvalue weighted by Gasteiger charge is 2.21. The molecular weight excluding hydrogens is 158 g/mol. The smallest absolute Gasteiger partial charge is 0.417 e. The lowest BCUT2D eigenvalue weighted by Crippen LogP contribution is -2.38. The third-order valence-corrected chi connectivity index (χ3v) is 0.755. The molecule has 7 nitrogen and oxygen atoms in total. The third-order valence-electron chi connectivity index (χ3n) is 0.755. The second-order valence-electron chi connectivity index (χ2n) is 1.55. The maximum atomic E-state index is 9.96. The predicted molar refractivity (Wildman–Crippen MR) is 30.4 cm³/mol. The SMILES string of the molecule is O=C(O)CN(C(=O)O)C(=O)O. The van der Waals surface area contributed by atoms with E-state index in [0.29, 0.717) is 0 Å². The molecule has 0 bridgehead atoms. The topological polar surface area (TPSA) is 115 Å². The average Bonchev–Trinajstić information content (AvgIpc) is 1.81. The van der Waals surface area contributed by atoms with Gasteiger partial charge in [-0.15, -0.1) is 0 Å². The summed E-state index contributed by atoms with van der Waals surface area (Å²) in [6, 6.07) is 0. The van der Waals surface area contributed by atoms with Crippen LogP contribution in [0.15, 0.2) is 0 Å². The Morgan fingerprint density at radius 2 is 1.36 bits per heavy atom. The predicted octanol–water partition coefficient (Wildman–Crippen LogP) is -0.271. The molecule has 0 aliphatic carbocycles. The summed E-state index contributed by atoms with van der Waals surface area (Å²) in [6.45, 7) is -1.06. The van der Waals surface area contributed by atoms with Gasteiger partial charge < -0.3 is 15.3 Å². The molecule has 11 heavy (non-hydrogen) atoms. The molecule has 0 saturated heterocycles. The van der Waals surface area contributed by atoms with E-state index in [1.54, 1.807) is 0 Å². The second kappa shape index (κ2) is 3.40. The van der Waals surface area contributed by atoms with Crippen LogP contribution in [-0.2, 0) is 4.79 Å². The fourth-order valence-electron chi connectivity index (χ4n) is 0.352. The quantitative estimate of drug-likeness (QED) is 0.516. The second-order valence-corrected chi connectivity index (χ2v) is 1.55. The Morgan fingerprint density at radius 1 is 1.00 bits per heavy atom. The van der Waals surface area contributed by atoms with Crippen molar-refractivity contribution in [2.45, 2.75) is 0 Å². The average molecular weight is 163 g/mol. The van der Waals surface area contributed by atoms with Gasteiger partial charge in [0.15, 0.2) is 0 Å². The van der Waals surface area contributed by atoms with Crippen LogP contribution < -0.4 is 0 Å². The van der Waals surface area contributed by atoms with Crippen molar-refractivity contribution in [1.82, 2.24) is 4.90 Å². The Kier molecular flexibility index (Phi) is 2.84. The lowest BCUT2D eigenvalue weighted by Gasteiger charge is -2.08. The van der Waals surface area contributed by atoms with Crippen LogP contribution in [-0.4, -0.2) is 44.9 Å². The number of carboxylic acids is 1. The van der Waals surface area contributed by atoms with E-state index in [4.69, 9.17) is 15.3 Å². The number of carbonyl (C=O) groups is 3. The Hall–Kier alpha value is -1.79. The van der Waals surface area contributed by atoms with E-state index in [2.05, 4.69) is 0 Å². The Labute approximate surface area is 60.5 Å². The highest BCUT2D eigenvalue weighted by Crippen LogP contribution is 1.89. The van der Waals surface area contributed by atoms with Crippen molar-refractivity contribution in [3.05, 3.63) is 0 Å². The van der Waals surface area contributed by atoms with Gasteiger partial charge >= 0.3 is 18.2 Å². The van der Waals surface area contributed by atoms with Gasteiger partial charge in [0.2, 0.25) is 0 Å². The number of rotatable bonds is 2. The number of carboxylic acid groups (broad SMARTS) is 3. The van der Waals surface area contributed by atoms with Crippen LogP contribution in [0.5, 0.6) is 0 Å². The van der Waals surface area contributed by atoms with E-state index in [0.717, 1.165) is 0 Å². The molecule has 3 N–H and O–H groups in total. The van der Waals surface area contributed by atoms with Gasteiger partial charge in [0.1, 0.15) is 6.54 Å². The fourth-order valence-corrected chi connectivity index (χ4v) is 0.352. The molecule has 2 amide bonds. The van der Waals surface area contributed by atoms with Gasteiger partial charge in [0.25, 0.3) is 0 Å². The number of nitrogens with zero attached hydrogens (tertiary/aromatic N) is 1. The van der Waals surface area contributed by atoms with Crippen molar-refractivity contribution in [1.29, 1.82) is 0 Å². The van der Waals surface area contributed by atoms with E-state index < -0.39 is 24.7 Å². The minimum absolute atomic E-state index is 0.234. The summed E-state index contributed by atoms with van der Waals surface area (Å²) in [5.41, 5.74) is 0. The first kappa shape index (κ1) is 9.21. The largest absolute Gasteiger partial charge is 0.480 e. The van der Waals surface area contributed by atoms with Gasteiger partial charge in [0.05, 0.1) is 0 Å². The van der Waals surface area contributed by atoms with Crippen molar-refractivity contribution in [2.75, 3.05) is 6.54 Å². The van der Waals surface area contributed by atoms with E-state index in [9.17, 15) is 14.4 Å². The van der Waals surface area contributed by atoms with Crippen molar-refractivity contribution >= 4 is 18.2 Å². The van der Waals surface area contributed by atoms with Crippen LogP contribution in [0.3, 0.4) is 0 Å². The van der Waals surface area contributed by atoms with Gasteiger partial charge in [-0.05, 0) is 0 Å². The van der Waals surface area contributed by atoms with Crippen LogP contribution in [0, 0.1) is 0 Å². The van der Waals surface area contributed by atoms with Crippen LogP contribution in [0.2, 0.25) is 0 Å². The molecule has 0 aromatic carbocycles. The molecule has 0 radical (unpaired) electrons. The van der Waals surface area contributed by atoms with Crippen molar-refractivity contribution in [3.63, 3.8) is 0 Å². The molecular formula is C4H5NO6. The standard InChI is InChI=1S/C4H5NO6/c6-2(7)1-5(3(8)9)4(10)11/h1H2,(H,6,7)(H,8,9)(H,10,11). The van der Waals surface area contributed by atoms with Gasteiger partial charge in [-0.2, -0.15) is 0 Å². The van der Waals surface area contributed by atoms with E-state index in [-0.39, 0.29) is 4.90 Å². The summed E-state index contributed by atoms with van der Waals surface area (Å²) >= 11 is 0. The normalized spacial score (nSPS) is 8.73. The number of imide groups is 1. The number of aliphatic carboxylic acids is 1. The van der Waals surface area contributed by atoms with Crippen LogP contribution in [0.4, 0.5) is 9.59 Å². The molecule has 0 heterocycles. The molecule has 0 aliphatic heterocycles. The molecule has 0 rings (SSSR count). The van der Waals surface area contributed by atoms with Crippen molar-refractivity contribution in [2.24, 2.45) is 0 Å². The summed E-state index contributed by atoms with van der Waals surface area (Å²) in [5.74, 6) is -1.52. The first-order valence-electron chi connectivity index (χ1n) is 2.40. The molecule has 0 saturated carbocycles. The van der Waals surface area contributed by atoms with Crippen LogP contribution >= 0.6 is 0 Å². The lowest BCUT2D eigenvalue weighted by molar-refractivity contribution is -0.137. The zero-order valence-electron chi connectivity index (χ0n) is 5.22. The van der Waals surface area contributed by atoms with Gasteiger partial charge in [-0.25, -0.2) is 14.5 Å². The van der Waals surface area contributed by atoms with Gasteiger partial charge in [-0.1, -0.05) is 0 Å². The minimum atomic E-state index is -1.81. The first-order chi connectivity index (χ1) is 4.95. The molecule has 0 fully saturated rings. The maximum absolute atomic E-state index is 9.96. The summed E-state index contributed by atoms with van der Waals surface area (Å²) in [6.07, 6.45) is -3.61.